The van der Waals surface area contributed by atoms with Crippen molar-refractivity contribution in [2.75, 3.05) is 13.1 Å². The molecule has 1 fully saturated rings. The van der Waals surface area contributed by atoms with Gasteiger partial charge in [0.05, 0.1) is 0 Å². The molecule has 0 radical (unpaired) electrons. The van der Waals surface area contributed by atoms with Crippen molar-refractivity contribution in [3.05, 3.63) is 42.0 Å². The van der Waals surface area contributed by atoms with E-state index in [0.717, 1.165) is 31.5 Å². The molecule has 3 nitrogen and oxygen atoms in total. The van der Waals surface area contributed by atoms with Crippen molar-refractivity contribution in [2.24, 2.45) is 0 Å². The summed E-state index contributed by atoms with van der Waals surface area (Å²) in [6.45, 7) is 1.64. The minimum atomic E-state index is -1.55. The van der Waals surface area contributed by atoms with E-state index in [9.17, 15) is 4.79 Å². The van der Waals surface area contributed by atoms with Crippen LogP contribution in [0.1, 0.15) is 18.4 Å². The average Bonchev–Trinajstić information content (AvgIpc) is 2.96. The van der Waals surface area contributed by atoms with Crippen LogP contribution in [0.4, 0.5) is 0 Å². The fraction of sp³-hybridized carbons (Fsp3) is 0.400. The zero-order valence-corrected chi connectivity index (χ0v) is 13.7. The van der Waals surface area contributed by atoms with Crippen LogP contribution in [0.25, 0.3) is 6.08 Å². The van der Waals surface area contributed by atoms with Crippen molar-refractivity contribution in [1.29, 1.82) is 0 Å². The van der Waals surface area contributed by atoms with E-state index < -0.39 is 9.96 Å². The first-order valence-corrected chi connectivity index (χ1v) is 7.94. The summed E-state index contributed by atoms with van der Waals surface area (Å²) < 4.78 is -1.55. The Kier molecular flexibility index (Phi) is 5.94. The van der Waals surface area contributed by atoms with Gasteiger partial charge in [0.25, 0.3) is 0 Å². The molecule has 1 N–H and O–H groups in total. The maximum absolute atomic E-state index is 12.0. The van der Waals surface area contributed by atoms with Crippen molar-refractivity contribution < 1.29 is 4.79 Å². The third-order valence-corrected chi connectivity index (χ3v) is 3.94. The molecule has 6 heteroatoms. The maximum Gasteiger partial charge on any atom is 0.245 e. The van der Waals surface area contributed by atoms with Crippen LogP contribution in [-0.4, -0.2) is 33.9 Å². The summed E-state index contributed by atoms with van der Waals surface area (Å²) in [6, 6.07) is 9.56. The van der Waals surface area contributed by atoms with Gasteiger partial charge in [0.2, 0.25) is 9.70 Å². The van der Waals surface area contributed by atoms with E-state index in [1.54, 1.807) is 6.08 Å². The molecule has 1 aromatic carbocycles. The van der Waals surface area contributed by atoms with Crippen LogP contribution in [0, 0.1) is 0 Å². The third kappa shape index (κ3) is 5.19. The summed E-state index contributed by atoms with van der Waals surface area (Å²) in [4.78, 5) is 14.0. The number of benzene rings is 1. The van der Waals surface area contributed by atoms with Crippen molar-refractivity contribution in [3.63, 3.8) is 0 Å². The predicted molar refractivity (Wildman–Crippen MR) is 88.5 cm³/mol. The Morgan fingerprint density at radius 1 is 1.19 bits per heavy atom. The Bertz CT molecular complexity index is 493. The monoisotopic (exact) mass is 346 g/mol. The molecule has 1 saturated heterocycles. The van der Waals surface area contributed by atoms with Crippen LogP contribution in [0.3, 0.4) is 0 Å². The van der Waals surface area contributed by atoms with Crippen LogP contribution in [-0.2, 0) is 4.79 Å². The van der Waals surface area contributed by atoms with Crippen molar-refractivity contribution in [2.45, 2.75) is 22.8 Å². The SMILES string of the molecule is O=C(/C=C/c1ccccc1)N[C@H](N1CCCC1)C(Cl)(Cl)Cl. The number of carbonyl (C=O) groups is 1. The number of nitrogens with one attached hydrogen (secondary N) is 1. The first-order valence-electron chi connectivity index (χ1n) is 6.81. The number of rotatable bonds is 4. The number of alkyl halides is 3. The van der Waals surface area contributed by atoms with E-state index in [1.165, 1.54) is 6.08 Å². The maximum atomic E-state index is 12.0. The first kappa shape index (κ1) is 16.6. The summed E-state index contributed by atoms with van der Waals surface area (Å²) in [5.41, 5.74) is 0.944. The molecule has 0 aromatic heterocycles. The lowest BCUT2D eigenvalue weighted by Crippen LogP contribution is -2.54. The summed E-state index contributed by atoms with van der Waals surface area (Å²) >= 11 is 18.0. The van der Waals surface area contributed by atoms with Crippen LogP contribution >= 0.6 is 34.8 Å². The number of halogens is 3. The molecule has 1 amide bonds. The quantitative estimate of drug-likeness (QED) is 0.666. The number of hydrogen-bond donors (Lipinski definition) is 1. The molecule has 1 aromatic rings. The lowest BCUT2D eigenvalue weighted by Gasteiger charge is -2.33. The van der Waals surface area contributed by atoms with Crippen LogP contribution in [0.5, 0.6) is 0 Å². The van der Waals surface area contributed by atoms with E-state index in [-0.39, 0.29) is 5.91 Å². The highest BCUT2D eigenvalue weighted by Gasteiger charge is 2.39. The van der Waals surface area contributed by atoms with Gasteiger partial charge in [0.15, 0.2) is 0 Å². The smallest absolute Gasteiger partial charge is 0.245 e. The lowest BCUT2D eigenvalue weighted by molar-refractivity contribution is -0.118. The van der Waals surface area contributed by atoms with E-state index in [2.05, 4.69) is 5.32 Å². The zero-order chi connectivity index (χ0) is 15.3. The van der Waals surface area contributed by atoms with Gasteiger partial charge in [0.1, 0.15) is 6.17 Å². The molecular weight excluding hydrogens is 331 g/mol. The Balaban J connectivity index is 1.99. The second-order valence-electron chi connectivity index (χ2n) is 4.94. The van der Waals surface area contributed by atoms with Gasteiger partial charge >= 0.3 is 0 Å². The molecule has 0 aliphatic carbocycles. The fourth-order valence-corrected chi connectivity index (χ4v) is 2.88. The third-order valence-electron chi connectivity index (χ3n) is 3.32. The largest absolute Gasteiger partial charge is 0.333 e. The highest BCUT2D eigenvalue weighted by Crippen LogP contribution is 2.33. The number of carbonyl (C=O) groups excluding carboxylic acids is 1. The van der Waals surface area contributed by atoms with Crippen molar-refractivity contribution in [1.82, 2.24) is 10.2 Å². The average molecular weight is 348 g/mol. The van der Waals surface area contributed by atoms with Crippen LogP contribution in [0.2, 0.25) is 0 Å². The molecule has 0 saturated carbocycles. The van der Waals surface area contributed by atoms with Crippen LogP contribution in [0.15, 0.2) is 36.4 Å². The Morgan fingerprint density at radius 2 is 1.81 bits per heavy atom. The molecule has 21 heavy (non-hydrogen) atoms. The van der Waals surface area contributed by atoms with Gasteiger partial charge in [0, 0.05) is 19.2 Å². The highest BCUT2D eigenvalue weighted by atomic mass is 35.6. The molecule has 1 atom stereocenters. The predicted octanol–water partition coefficient (Wildman–Crippen LogP) is 3.61. The Hall–Kier alpha value is -0.740. The van der Waals surface area contributed by atoms with E-state index in [4.69, 9.17) is 34.8 Å². The van der Waals surface area contributed by atoms with E-state index in [1.807, 2.05) is 35.2 Å². The van der Waals surface area contributed by atoms with Crippen molar-refractivity contribution >= 4 is 46.8 Å². The minimum absolute atomic E-state index is 0.276. The number of hydrogen-bond acceptors (Lipinski definition) is 2. The van der Waals surface area contributed by atoms with Gasteiger partial charge in [-0.25, -0.2) is 0 Å². The second kappa shape index (κ2) is 7.50. The first-order chi connectivity index (χ1) is 9.97. The topological polar surface area (TPSA) is 32.3 Å². The van der Waals surface area contributed by atoms with E-state index >= 15 is 0 Å². The fourth-order valence-electron chi connectivity index (χ4n) is 2.30. The van der Waals surface area contributed by atoms with Gasteiger partial charge in [-0.05, 0) is 24.5 Å². The van der Waals surface area contributed by atoms with Crippen molar-refractivity contribution in [3.8, 4) is 0 Å². The molecule has 114 valence electrons. The molecule has 0 unspecified atom stereocenters. The van der Waals surface area contributed by atoms with Gasteiger partial charge in [-0.15, -0.1) is 0 Å². The minimum Gasteiger partial charge on any atom is -0.333 e. The standard InChI is InChI=1S/C15H17Cl3N2O/c16-15(17,18)14(20-10-4-5-11-20)19-13(21)9-8-12-6-2-1-3-7-12/h1-3,6-9,14H,4-5,10-11H2,(H,19,21)/b9-8+/t14-/m1/s1. The molecule has 2 rings (SSSR count). The van der Waals surface area contributed by atoms with Gasteiger partial charge < -0.3 is 5.32 Å². The van der Waals surface area contributed by atoms with Gasteiger partial charge in [-0.2, -0.15) is 0 Å². The summed E-state index contributed by atoms with van der Waals surface area (Å²) in [5.74, 6) is -0.276. The summed E-state index contributed by atoms with van der Waals surface area (Å²) in [6.07, 6.45) is 4.67. The summed E-state index contributed by atoms with van der Waals surface area (Å²) in [7, 11) is 0. The van der Waals surface area contributed by atoms with Gasteiger partial charge in [-0.1, -0.05) is 65.1 Å². The lowest BCUT2D eigenvalue weighted by atomic mass is 10.2. The molecular formula is C15H17Cl3N2O. The number of amides is 1. The zero-order valence-electron chi connectivity index (χ0n) is 11.4. The number of likely N-dealkylation sites (tertiary alicyclic amines) is 1. The molecule has 1 heterocycles. The Labute approximate surface area is 139 Å². The summed E-state index contributed by atoms with van der Waals surface area (Å²) in [5, 5.41) is 2.77. The molecule has 0 spiro atoms. The van der Waals surface area contributed by atoms with E-state index in [0.29, 0.717) is 0 Å². The normalized spacial score (nSPS) is 18.0. The molecule has 0 bridgehead atoms. The second-order valence-corrected chi connectivity index (χ2v) is 7.31. The number of nitrogens with zero attached hydrogens (tertiary/aromatic N) is 1. The van der Waals surface area contributed by atoms with Gasteiger partial charge in [-0.3, -0.25) is 9.69 Å². The Morgan fingerprint density at radius 3 is 2.38 bits per heavy atom. The highest BCUT2D eigenvalue weighted by molar-refractivity contribution is 6.68. The molecule has 1 aliphatic rings. The molecule has 1 aliphatic heterocycles. The van der Waals surface area contributed by atoms with Crippen LogP contribution < -0.4 is 5.32 Å².